The number of benzene rings is 1. The Hall–Kier alpha value is -2.10. The fourth-order valence-corrected chi connectivity index (χ4v) is 1.50. The maximum Gasteiger partial charge on any atom is 0.308 e. The smallest absolute Gasteiger partial charge is 0.308 e. The van der Waals surface area contributed by atoms with Crippen LogP contribution in [-0.4, -0.2) is 24.7 Å². The van der Waals surface area contributed by atoms with Crippen LogP contribution in [0, 0.1) is 0 Å². The second-order valence-corrected chi connectivity index (χ2v) is 3.53. The molecule has 2 rings (SSSR count). The standard InChI is InChI=1S/C13H13NO3/c1-16-13(15)6-8-17-11-4-5-12-10(9-11)3-2-7-14-12/h2-5,7,9H,6,8H2,1H3. The molecule has 1 heterocycles. The van der Waals surface area contributed by atoms with Crippen molar-refractivity contribution in [3.05, 3.63) is 36.5 Å². The summed E-state index contributed by atoms with van der Waals surface area (Å²) in [5.41, 5.74) is 0.924. The highest BCUT2D eigenvalue weighted by atomic mass is 16.5. The molecule has 0 aliphatic carbocycles. The van der Waals surface area contributed by atoms with Crippen molar-refractivity contribution in [1.82, 2.24) is 4.98 Å². The molecule has 0 saturated heterocycles. The van der Waals surface area contributed by atoms with Crippen LogP contribution in [0.15, 0.2) is 36.5 Å². The van der Waals surface area contributed by atoms with Crippen LogP contribution in [0.2, 0.25) is 0 Å². The molecule has 1 aromatic heterocycles. The first-order chi connectivity index (χ1) is 8.29. The highest BCUT2D eigenvalue weighted by Gasteiger charge is 2.01. The fourth-order valence-electron chi connectivity index (χ4n) is 1.50. The van der Waals surface area contributed by atoms with Crippen LogP contribution >= 0.6 is 0 Å². The van der Waals surface area contributed by atoms with E-state index in [-0.39, 0.29) is 12.4 Å². The first-order valence-corrected chi connectivity index (χ1v) is 5.34. The maximum absolute atomic E-state index is 10.9. The zero-order valence-electron chi connectivity index (χ0n) is 9.55. The quantitative estimate of drug-likeness (QED) is 0.757. The molecular formula is C13H13NO3. The number of hydrogen-bond acceptors (Lipinski definition) is 4. The minimum absolute atomic E-state index is 0.252. The molecule has 0 saturated carbocycles. The Morgan fingerprint density at radius 2 is 2.24 bits per heavy atom. The van der Waals surface area contributed by atoms with Gasteiger partial charge in [-0.25, -0.2) is 0 Å². The molecule has 1 aromatic carbocycles. The Bertz CT molecular complexity index is 525. The van der Waals surface area contributed by atoms with Crippen molar-refractivity contribution in [2.75, 3.05) is 13.7 Å². The minimum Gasteiger partial charge on any atom is -0.493 e. The van der Waals surface area contributed by atoms with Crippen LogP contribution in [0.1, 0.15) is 6.42 Å². The third kappa shape index (κ3) is 2.93. The van der Waals surface area contributed by atoms with Gasteiger partial charge in [0, 0.05) is 11.6 Å². The lowest BCUT2D eigenvalue weighted by Gasteiger charge is -2.06. The number of ether oxygens (including phenoxy) is 2. The molecule has 0 aliphatic rings. The van der Waals surface area contributed by atoms with E-state index in [1.165, 1.54) is 7.11 Å². The molecule has 0 aliphatic heterocycles. The van der Waals surface area contributed by atoms with E-state index in [4.69, 9.17) is 4.74 Å². The van der Waals surface area contributed by atoms with Gasteiger partial charge < -0.3 is 9.47 Å². The van der Waals surface area contributed by atoms with Gasteiger partial charge in [0.15, 0.2) is 0 Å². The van der Waals surface area contributed by atoms with Gasteiger partial charge in [-0.15, -0.1) is 0 Å². The van der Waals surface area contributed by atoms with Crippen LogP contribution in [0.5, 0.6) is 5.75 Å². The Morgan fingerprint density at radius 3 is 3.06 bits per heavy atom. The molecule has 2 aromatic rings. The Balaban J connectivity index is 2.02. The van der Waals surface area contributed by atoms with E-state index in [1.54, 1.807) is 6.20 Å². The Kier molecular flexibility index (Phi) is 3.55. The molecule has 0 spiro atoms. The third-order valence-electron chi connectivity index (χ3n) is 2.38. The van der Waals surface area contributed by atoms with Gasteiger partial charge >= 0.3 is 5.97 Å². The predicted octanol–water partition coefficient (Wildman–Crippen LogP) is 2.18. The van der Waals surface area contributed by atoms with Crippen LogP contribution in [0.4, 0.5) is 0 Å². The largest absolute Gasteiger partial charge is 0.493 e. The number of aromatic nitrogens is 1. The van der Waals surface area contributed by atoms with E-state index in [0.717, 1.165) is 16.7 Å². The number of fused-ring (bicyclic) bond motifs is 1. The van der Waals surface area contributed by atoms with E-state index in [1.807, 2.05) is 30.3 Å². The number of hydrogen-bond donors (Lipinski definition) is 0. The number of carbonyl (C=O) groups excluding carboxylic acids is 1. The normalized spacial score (nSPS) is 10.2. The Morgan fingerprint density at radius 1 is 1.35 bits per heavy atom. The fraction of sp³-hybridized carbons (Fsp3) is 0.231. The molecule has 17 heavy (non-hydrogen) atoms. The van der Waals surface area contributed by atoms with Gasteiger partial charge in [-0.05, 0) is 24.3 Å². The van der Waals surface area contributed by atoms with E-state index in [2.05, 4.69) is 9.72 Å². The number of rotatable bonds is 4. The molecule has 0 atom stereocenters. The molecule has 0 amide bonds. The monoisotopic (exact) mass is 231 g/mol. The summed E-state index contributed by atoms with van der Waals surface area (Å²) in [6.07, 6.45) is 2.00. The summed E-state index contributed by atoms with van der Waals surface area (Å²) in [6, 6.07) is 9.48. The lowest BCUT2D eigenvalue weighted by molar-refractivity contribution is -0.141. The summed E-state index contributed by atoms with van der Waals surface area (Å²) >= 11 is 0. The van der Waals surface area contributed by atoms with Crippen molar-refractivity contribution >= 4 is 16.9 Å². The zero-order chi connectivity index (χ0) is 12.1. The lowest BCUT2D eigenvalue weighted by atomic mass is 10.2. The average molecular weight is 231 g/mol. The second kappa shape index (κ2) is 5.30. The van der Waals surface area contributed by atoms with Gasteiger partial charge in [0.25, 0.3) is 0 Å². The molecule has 0 radical (unpaired) electrons. The molecule has 0 unspecified atom stereocenters. The van der Waals surface area contributed by atoms with E-state index >= 15 is 0 Å². The first kappa shape index (κ1) is 11.4. The summed E-state index contributed by atoms with van der Waals surface area (Å²) in [5, 5.41) is 1.02. The topological polar surface area (TPSA) is 48.4 Å². The van der Waals surface area contributed by atoms with Crippen molar-refractivity contribution < 1.29 is 14.3 Å². The number of methoxy groups -OCH3 is 1. The number of pyridine rings is 1. The van der Waals surface area contributed by atoms with Crippen molar-refractivity contribution in [3.8, 4) is 5.75 Å². The molecule has 0 N–H and O–H groups in total. The van der Waals surface area contributed by atoms with E-state index in [0.29, 0.717) is 6.61 Å². The number of carbonyl (C=O) groups is 1. The van der Waals surface area contributed by atoms with Crippen LogP contribution < -0.4 is 4.74 Å². The summed E-state index contributed by atoms with van der Waals surface area (Å²) in [4.78, 5) is 15.1. The zero-order valence-corrected chi connectivity index (χ0v) is 9.55. The molecule has 0 bridgehead atoms. The van der Waals surface area contributed by atoms with Gasteiger partial charge in [-0.1, -0.05) is 6.07 Å². The van der Waals surface area contributed by atoms with Crippen LogP contribution in [0.3, 0.4) is 0 Å². The third-order valence-corrected chi connectivity index (χ3v) is 2.38. The average Bonchev–Trinajstić information content (AvgIpc) is 2.38. The maximum atomic E-state index is 10.9. The van der Waals surface area contributed by atoms with Crippen molar-refractivity contribution in [2.24, 2.45) is 0 Å². The van der Waals surface area contributed by atoms with Crippen molar-refractivity contribution in [2.45, 2.75) is 6.42 Å². The highest BCUT2D eigenvalue weighted by Crippen LogP contribution is 2.18. The van der Waals surface area contributed by atoms with Gasteiger partial charge in [0.2, 0.25) is 0 Å². The summed E-state index contributed by atoms with van der Waals surface area (Å²) in [5.74, 6) is 0.460. The summed E-state index contributed by atoms with van der Waals surface area (Å²) in [7, 11) is 1.37. The highest BCUT2D eigenvalue weighted by molar-refractivity contribution is 5.79. The molecular weight excluding hydrogens is 218 g/mol. The van der Waals surface area contributed by atoms with Gasteiger partial charge in [0.1, 0.15) is 5.75 Å². The SMILES string of the molecule is COC(=O)CCOc1ccc2ncccc2c1. The lowest BCUT2D eigenvalue weighted by Crippen LogP contribution is -2.07. The van der Waals surface area contributed by atoms with E-state index in [9.17, 15) is 4.79 Å². The van der Waals surface area contributed by atoms with Crippen LogP contribution in [0.25, 0.3) is 10.9 Å². The summed E-state index contributed by atoms with van der Waals surface area (Å²) < 4.78 is 9.99. The first-order valence-electron chi connectivity index (χ1n) is 5.34. The Labute approximate surface area is 99.2 Å². The second-order valence-electron chi connectivity index (χ2n) is 3.53. The molecule has 0 fully saturated rings. The van der Waals surface area contributed by atoms with Gasteiger partial charge in [-0.3, -0.25) is 9.78 Å². The molecule has 4 heteroatoms. The van der Waals surface area contributed by atoms with Crippen LogP contribution in [-0.2, 0) is 9.53 Å². The minimum atomic E-state index is -0.271. The summed E-state index contributed by atoms with van der Waals surface area (Å²) in [6.45, 7) is 0.318. The van der Waals surface area contributed by atoms with Crippen molar-refractivity contribution in [1.29, 1.82) is 0 Å². The van der Waals surface area contributed by atoms with Gasteiger partial charge in [-0.2, -0.15) is 0 Å². The predicted molar refractivity (Wildman–Crippen MR) is 63.9 cm³/mol. The number of esters is 1. The van der Waals surface area contributed by atoms with E-state index < -0.39 is 0 Å². The molecule has 4 nitrogen and oxygen atoms in total. The van der Waals surface area contributed by atoms with Crippen molar-refractivity contribution in [3.63, 3.8) is 0 Å². The number of nitrogens with zero attached hydrogens (tertiary/aromatic N) is 1. The molecule has 88 valence electrons. The van der Waals surface area contributed by atoms with Gasteiger partial charge in [0.05, 0.1) is 25.7 Å².